The molecule has 0 atom stereocenters. The number of thioether (sulfide) groups is 1. The Morgan fingerprint density at radius 1 is 1.10 bits per heavy atom. The Kier molecular flexibility index (Phi) is 6.56. The normalized spacial score (nSPS) is 10.4. The molecule has 0 unspecified atom stereocenters. The number of aromatic nitrogens is 2. The molecule has 0 radical (unpaired) electrons. The molecule has 7 nitrogen and oxygen atoms in total. The molecule has 3 rings (SSSR count). The zero-order chi connectivity index (χ0) is 20.8. The van der Waals surface area contributed by atoms with Gasteiger partial charge in [-0.2, -0.15) is 0 Å². The number of para-hydroxylation sites is 1. The summed E-state index contributed by atoms with van der Waals surface area (Å²) >= 11 is 1.19. The van der Waals surface area contributed by atoms with E-state index in [1.54, 1.807) is 32.2 Å². The van der Waals surface area contributed by atoms with Gasteiger partial charge in [0.25, 0.3) is 5.56 Å². The highest BCUT2D eigenvalue weighted by Crippen LogP contribution is 2.29. The van der Waals surface area contributed by atoms with Crippen LogP contribution < -0.4 is 20.3 Å². The Bertz CT molecular complexity index is 1070. The number of hydrogen-bond acceptors (Lipinski definition) is 6. The number of anilines is 1. The molecule has 1 aromatic heterocycles. The zero-order valence-electron chi connectivity index (χ0n) is 16.3. The van der Waals surface area contributed by atoms with Gasteiger partial charge in [-0.1, -0.05) is 30.0 Å². The van der Waals surface area contributed by atoms with Gasteiger partial charge in [0, 0.05) is 17.8 Å². The van der Waals surface area contributed by atoms with E-state index < -0.39 is 0 Å². The lowest BCUT2D eigenvalue weighted by Gasteiger charge is -2.13. The number of carbonyl (C=O) groups is 1. The van der Waals surface area contributed by atoms with Crippen molar-refractivity contribution in [1.29, 1.82) is 0 Å². The van der Waals surface area contributed by atoms with Crippen molar-refractivity contribution in [3.8, 4) is 17.2 Å². The van der Waals surface area contributed by atoms with Crippen LogP contribution in [0.25, 0.3) is 5.69 Å². The maximum atomic E-state index is 12.5. The van der Waals surface area contributed by atoms with Crippen LogP contribution in [0.2, 0.25) is 0 Å². The maximum absolute atomic E-state index is 12.5. The molecule has 0 aliphatic carbocycles. The minimum Gasteiger partial charge on any atom is -0.497 e. The van der Waals surface area contributed by atoms with Gasteiger partial charge in [-0.15, -0.1) is 0 Å². The molecule has 3 aromatic rings. The first-order valence-electron chi connectivity index (χ1n) is 8.82. The quantitative estimate of drug-likeness (QED) is 0.475. The second-order valence-corrected chi connectivity index (χ2v) is 7.03. The van der Waals surface area contributed by atoms with Crippen molar-refractivity contribution >= 4 is 23.4 Å². The number of methoxy groups -OCH3 is 2. The van der Waals surface area contributed by atoms with Crippen molar-refractivity contribution in [3.63, 3.8) is 0 Å². The van der Waals surface area contributed by atoms with Gasteiger partial charge in [0.1, 0.15) is 11.5 Å². The van der Waals surface area contributed by atoms with Gasteiger partial charge in [-0.3, -0.25) is 14.2 Å². The minimum atomic E-state index is -0.253. The van der Waals surface area contributed by atoms with Crippen LogP contribution in [-0.2, 0) is 4.79 Å². The number of hydrogen-bond donors (Lipinski definition) is 1. The van der Waals surface area contributed by atoms with Crippen LogP contribution in [0.3, 0.4) is 0 Å². The molecule has 8 heteroatoms. The third-order valence-electron chi connectivity index (χ3n) is 4.04. The zero-order valence-corrected chi connectivity index (χ0v) is 17.2. The van der Waals surface area contributed by atoms with Crippen LogP contribution in [0.1, 0.15) is 5.69 Å². The van der Waals surface area contributed by atoms with Crippen molar-refractivity contribution in [2.45, 2.75) is 12.1 Å². The topological polar surface area (TPSA) is 82.5 Å². The molecule has 0 spiro atoms. The summed E-state index contributed by atoms with van der Waals surface area (Å²) in [5, 5.41) is 3.27. The Labute approximate surface area is 172 Å². The molecule has 29 heavy (non-hydrogen) atoms. The standard InChI is InChI=1S/C21H21N3O4S/c1-14-11-20(26)24(15-7-5-4-6-8-15)21(22-14)29-13-19(25)23-17-12-16(27-2)9-10-18(17)28-3/h4-12H,13H2,1-3H3,(H,23,25). The number of nitrogens with zero attached hydrogens (tertiary/aromatic N) is 2. The average Bonchev–Trinajstić information content (AvgIpc) is 2.72. The van der Waals surface area contributed by atoms with Gasteiger partial charge >= 0.3 is 0 Å². The molecule has 0 fully saturated rings. The molecular weight excluding hydrogens is 390 g/mol. The van der Waals surface area contributed by atoms with E-state index in [-0.39, 0.29) is 17.2 Å². The maximum Gasteiger partial charge on any atom is 0.258 e. The van der Waals surface area contributed by atoms with E-state index >= 15 is 0 Å². The van der Waals surface area contributed by atoms with E-state index in [2.05, 4.69) is 10.3 Å². The third-order valence-corrected chi connectivity index (χ3v) is 4.98. The molecule has 0 aliphatic heterocycles. The largest absolute Gasteiger partial charge is 0.497 e. The predicted molar refractivity (Wildman–Crippen MR) is 113 cm³/mol. The van der Waals surface area contributed by atoms with E-state index in [9.17, 15) is 9.59 Å². The van der Waals surface area contributed by atoms with Gasteiger partial charge in [-0.25, -0.2) is 4.98 Å². The van der Waals surface area contributed by atoms with E-state index in [4.69, 9.17) is 9.47 Å². The number of aryl methyl sites for hydroxylation is 1. The fraction of sp³-hybridized carbons (Fsp3) is 0.190. The fourth-order valence-electron chi connectivity index (χ4n) is 2.71. The molecule has 1 amide bonds. The van der Waals surface area contributed by atoms with Crippen molar-refractivity contribution in [2.24, 2.45) is 0 Å². The Morgan fingerprint density at radius 3 is 2.55 bits per heavy atom. The smallest absolute Gasteiger partial charge is 0.258 e. The third kappa shape index (κ3) is 4.97. The summed E-state index contributed by atoms with van der Waals surface area (Å²) in [5.74, 6) is 0.950. The lowest BCUT2D eigenvalue weighted by Crippen LogP contribution is -2.22. The van der Waals surface area contributed by atoms with Crippen LogP contribution >= 0.6 is 11.8 Å². The first kappa shape index (κ1) is 20.5. The summed E-state index contributed by atoms with van der Waals surface area (Å²) in [6.07, 6.45) is 0. The first-order chi connectivity index (χ1) is 14.0. The average molecular weight is 411 g/mol. The van der Waals surface area contributed by atoms with Gasteiger partial charge in [0.2, 0.25) is 5.91 Å². The first-order valence-corrected chi connectivity index (χ1v) is 9.81. The summed E-state index contributed by atoms with van der Waals surface area (Å²) in [4.78, 5) is 29.5. The van der Waals surface area contributed by atoms with Gasteiger partial charge in [0.05, 0.1) is 31.3 Å². The van der Waals surface area contributed by atoms with E-state index in [1.165, 1.54) is 29.5 Å². The summed E-state index contributed by atoms with van der Waals surface area (Å²) in [7, 11) is 3.08. The van der Waals surface area contributed by atoms with Crippen molar-refractivity contribution in [1.82, 2.24) is 9.55 Å². The highest BCUT2D eigenvalue weighted by atomic mass is 32.2. The molecule has 0 saturated heterocycles. The predicted octanol–water partition coefficient (Wildman–Crippen LogP) is 3.29. The lowest BCUT2D eigenvalue weighted by atomic mass is 10.2. The van der Waals surface area contributed by atoms with Crippen LogP contribution in [-0.4, -0.2) is 35.4 Å². The molecule has 0 saturated carbocycles. The number of nitrogens with one attached hydrogen (secondary N) is 1. The summed E-state index contributed by atoms with van der Waals surface area (Å²) in [6, 6.07) is 15.8. The fourth-order valence-corrected chi connectivity index (χ4v) is 3.58. The second kappa shape index (κ2) is 9.29. The lowest BCUT2D eigenvalue weighted by molar-refractivity contribution is -0.113. The van der Waals surface area contributed by atoms with Crippen LogP contribution in [0.5, 0.6) is 11.5 Å². The number of ether oxygens (including phenoxy) is 2. The van der Waals surface area contributed by atoms with Crippen molar-refractivity contribution in [3.05, 3.63) is 70.6 Å². The number of benzene rings is 2. The number of carbonyl (C=O) groups excluding carboxylic acids is 1. The monoisotopic (exact) mass is 411 g/mol. The van der Waals surface area contributed by atoms with Crippen molar-refractivity contribution < 1.29 is 14.3 Å². The molecule has 150 valence electrons. The summed E-state index contributed by atoms with van der Waals surface area (Å²) in [5.41, 5.74) is 1.61. The number of amides is 1. The summed E-state index contributed by atoms with van der Waals surface area (Å²) < 4.78 is 12.0. The molecule has 0 aliphatic rings. The van der Waals surface area contributed by atoms with Gasteiger partial charge < -0.3 is 14.8 Å². The molecule has 1 N–H and O–H groups in total. The Hall–Kier alpha value is -3.26. The molecule has 2 aromatic carbocycles. The highest BCUT2D eigenvalue weighted by Gasteiger charge is 2.14. The Balaban J connectivity index is 1.80. The highest BCUT2D eigenvalue weighted by molar-refractivity contribution is 7.99. The minimum absolute atomic E-state index is 0.0725. The molecular formula is C21H21N3O4S. The molecule has 0 bridgehead atoms. The van der Waals surface area contributed by atoms with Gasteiger partial charge in [0.15, 0.2) is 5.16 Å². The van der Waals surface area contributed by atoms with Gasteiger partial charge in [-0.05, 0) is 31.2 Å². The van der Waals surface area contributed by atoms with E-state index in [0.29, 0.717) is 33.7 Å². The van der Waals surface area contributed by atoms with Crippen LogP contribution in [0.4, 0.5) is 5.69 Å². The second-order valence-electron chi connectivity index (χ2n) is 6.09. The van der Waals surface area contributed by atoms with Crippen LogP contribution in [0.15, 0.2) is 64.5 Å². The van der Waals surface area contributed by atoms with E-state index in [0.717, 1.165) is 0 Å². The SMILES string of the molecule is COc1ccc(OC)c(NC(=O)CSc2nc(C)cc(=O)n2-c2ccccc2)c1. The van der Waals surface area contributed by atoms with E-state index in [1.807, 2.05) is 30.3 Å². The van der Waals surface area contributed by atoms with Crippen LogP contribution in [0, 0.1) is 6.92 Å². The number of rotatable bonds is 7. The summed E-state index contributed by atoms with van der Waals surface area (Å²) in [6.45, 7) is 1.75. The molecule has 1 heterocycles. The Morgan fingerprint density at radius 2 is 1.86 bits per heavy atom. The van der Waals surface area contributed by atoms with Crippen molar-refractivity contribution in [2.75, 3.05) is 25.3 Å².